The van der Waals surface area contributed by atoms with Crippen molar-refractivity contribution >= 4 is 95.8 Å². The molecule has 0 unspecified atom stereocenters. The van der Waals surface area contributed by atoms with Crippen molar-refractivity contribution in [1.29, 1.82) is 0 Å². The van der Waals surface area contributed by atoms with Crippen molar-refractivity contribution in [3.05, 3.63) is 224 Å². The minimum absolute atomic E-state index is 0.253. The van der Waals surface area contributed by atoms with Gasteiger partial charge in [-0.05, 0) is 30.3 Å². The van der Waals surface area contributed by atoms with E-state index in [1.165, 1.54) is 30.1 Å². The van der Waals surface area contributed by atoms with Crippen LogP contribution in [0.4, 0.5) is 51.2 Å². The zero-order valence-corrected chi connectivity index (χ0v) is 32.3. The van der Waals surface area contributed by atoms with Crippen molar-refractivity contribution in [1.82, 2.24) is 0 Å². The number of hydrogen-bond acceptors (Lipinski definition) is 3. The minimum atomic E-state index is 0.253. The number of para-hydroxylation sites is 4. The maximum atomic E-state index is 2.40. The number of benzene rings is 9. The van der Waals surface area contributed by atoms with Crippen LogP contribution in [-0.4, -0.2) is 14.5 Å². The smallest absolute Gasteiger partial charge is 0.0380 e. The first kappa shape index (κ1) is 33.7. The Morgan fingerprint density at radius 2 is 0.625 bits per heavy atom. The van der Waals surface area contributed by atoms with Gasteiger partial charge in [0.1, 0.15) is 0 Å². The van der Waals surface area contributed by atoms with E-state index in [0.29, 0.717) is 0 Å². The number of nitrogens with zero attached hydrogens (tertiary/aromatic N) is 3. The fourth-order valence-electron chi connectivity index (χ4n) is 7.82. The van der Waals surface area contributed by atoms with Crippen molar-refractivity contribution in [3.8, 4) is 0 Å². The average molecular weight is 783 g/mol. The molecule has 10 aromatic rings. The van der Waals surface area contributed by atoms with Crippen LogP contribution in [0.1, 0.15) is 0 Å². The topological polar surface area (TPSA) is 9.72 Å². The second-order valence-corrected chi connectivity index (χ2v) is 16.0. The third-order valence-corrected chi connectivity index (χ3v) is 12.9. The first-order valence-corrected chi connectivity index (χ1v) is 20.6. The Kier molecular flexibility index (Phi) is 8.89. The third-order valence-electron chi connectivity index (χ3n) is 10.4. The van der Waals surface area contributed by atoms with Crippen LogP contribution in [0.25, 0.3) is 30.1 Å². The Morgan fingerprint density at radius 3 is 1.11 bits per heavy atom. The van der Waals surface area contributed by atoms with E-state index < -0.39 is 0 Å². The molecule has 0 amide bonds. The van der Waals surface area contributed by atoms with E-state index in [0.717, 1.165) is 51.2 Å². The van der Waals surface area contributed by atoms with Gasteiger partial charge in [0.25, 0.3) is 0 Å². The van der Waals surface area contributed by atoms with Crippen LogP contribution in [0, 0.1) is 0 Å². The zero-order chi connectivity index (χ0) is 37.3. The molecule has 9 aromatic carbocycles. The molecule has 266 valence electrons. The number of anilines is 9. The summed E-state index contributed by atoms with van der Waals surface area (Å²) in [5.41, 5.74) is 9.84. The van der Waals surface area contributed by atoms with E-state index in [9.17, 15) is 0 Å². The molecule has 0 atom stereocenters. The predicted octanol–water partition coefficient (Wildman–Crippen LogP) is 14.6. The quantitative estimate of drug-likeness (QED) is 0.135. The molecule has 0 saturated heterocycles. The summed E-state index contributed by atoms with van der Waals surface area (Å²) in [6.07, 6.45) is 0. The molecule has 0 bridgehead atoms. The maximum Gasteiger partial charge on any atom is -0.0380 e. The number of fused-ring (bicyclic) bond motifs is 5. The van der Waals surface area contributed by atoms with Gasteiger partial charge >= 0.3 is 246 Å². The summed E-state index contributed by atoms with van der Waals surface area (Å²) >= 11 is 0.253. The summed E-state index contributed by atoms with van der Waals surface area (Å²) in [4.78, 5) is 7.07. The summed E-state index contributed by atoms with van der Waals surface area (Å²) in [5.74, 6) is 0. The molecule has 0 radical (unpaired) electrons. The predicted molar refractivity (Wildman–Crippen MR) is 240 cm³/mol. The Balaban J connectivity index is 1.12. The maximum absolute atomic E-state index is 2.40. The van der Waals surface area contributed by atoms with Gasteiger partial charge in [-0.2, -0.15) is 0 Å². The summed E-state index contributed by atoms with van der Waals surface area (Å²) < 4.78 is 2.93. The molecule has 1 aromatic heterocycles. The van der Waals surface area contributed by atoms with Crippen LogP contribution in [0.15, 0.2) is 224 Å². The Bertz CT molecular complexity index is 2890. The van der Waals surface area contributed by atoms with Crippen molar-refractivity contribution in [3.63, 3.8) is 0 Å². The van der Waals surface area contributed by atoms with Gasteiger partial charge < -0.3 is 4.90 Å². The molecule has 1 heterocycles. The van der Waals surface area contributed by atoms with E-state index in [1.54, 1.807) is 0 Å². The van der Waals surface area contributed by atoms with Crippen molar-refractivity contribution in [2.75, 3.05) is 14.7 Å². The van der Waals surface area contributed by atoms with E-state index in [2.05, 4.69) is 239 Å². The molecule has 0 spiro atoms. The first-order valence-electron chi connectivity index (χ1n) is 18.9. The van der Waals surface area contributed by atoms with E-state index in [1.807, 2.05) is 0 Å². The summed E-state index contributed by atoms with van der Waals surface area (Å²) in [5, 5.41) is 5.36. The van der Waals surface area contributed by atoms with Gasteiger partial charge in [0, 0.05) is 11.4 Å². The standard InChI is InChI=1S/C52H37N3Se/c1-5-17-39(18-6-1)53(40-19-7-2-8-20-40)43-25-15-26-44(35-43)54(41-21-9-3-10-22-41)45-27-16-28-46(36-45)55(42-23-11-4-12-24-42)47-33-31-38-32-34-49-48-29-13-14-30-51(48)56-52(49)50(38)37-47/h1-37H. The van der Waals surface area contributed by atoms with Gasteiger partial charge in [-0.25, -0.2) is 0 Å². The third kappa shape index (κ3) is 6.31. The largest absolute Gasteiger partial charge is 0.0602 e. The molecule has 3 nitrogen and oxygen atoms in total. The Labute approximate surface area is 333 Å². The molecule has 10 rings (SSSR count). The van der Waals surface area contributed by atoms with E-state index >= 15 is 0 Å². The molecule has 4 heteroatoms. The monoisotopic (exact) mass is 783 g/mol. The molecular weight excluding hydrogens is 746 g/mol. The van der Waals surface area contributed by atoms with Crippen LogP contribution in [0.5, 0.6) is 0 Å². The molecule has 0 saturated carbocycles. The van der Waals surface area contributed by atoms with Crippen molar-refractivity contribution < 1.29 is 0 Å². The van der Waals surface area contributed by atoms with Gasteiger partial charge in [-0.3, -0.25) is 0 Å². The fourth-order valence-corrected chi connectivity index (χ4v) is 10.4. The van der Waals surface area contributed by atoms with Gasteiger partial charge in [-0.15, -0.1) is 0 Å². The van der Waals surface area contributed by atoms with Crippen LogP contribution < -0.4 is 14.7 Å². The van der Waals surface area contributed by atoms with Crippen molar-refractivity contribution in [2.45, 2.75) is 0 Å². The molecular formula is C52H37N3Se. The molecule has 0 fully saturated rings. The minimum Gasteiger partial charge on any atom is -0.0602 e. The normalized spacial score (nSPS) is 11.2. The average Bonchev–Trinajstić information content (AvgIpc) is 3.65. The second-order valence-electron chi connectivity index (χ2n) is 13.8. The van der Waals surface area contributed by atoms with Crippen LogP contribution >= 0.6 is 0 Å². The fraction of sp³-hybridized carbons (Fsp3) is 0. The van der Waals surface area contributed by atoms with Crippen molar-refractivity contribution in [2.24, 2.45) is 0 Å². The molecule has 0 N–H and O–H groups in total. The SMILES string of the molecule is c1ccc(N(c2ccccc2)c2cccc(N(c3ccccc3)c3cccc(N(c4ccccc4)c4ccc5ccc6c7ccccc7[se]c6c5c4)c3)c2)cc1. The van der Waals surface area contributed by atoms with Crippen LogP contribution in [-0.2, 0) is 0 Å². The van der Waals surface area contributed by atoms with Gasteiger partial charge in [0.2, 0.25) is 0 Å². The number of rotatable bonds is 9. The summed E-state index contributed by atoms with van der Waals surface area (Å²) in [6, 6.07) is 80.8. The summed E-state index contributed by atoms with van der Waals surface area (Å²) in [7, 11) is 0. The Morgan fingerprint density at radius 1 is 0.250 bits per heavy atom. The van der Waals surface area contributed by atoms with E-state index in [4.69, 9.17) is 0 Å². The van der Waals surface area contributed by atoms with Crippen LogP contribution in [0.3, 0.4) is 0 Å². The molecule has 0 aliphatic carbocycles. The van der Waals surface area contributed by atoms with Gasteiger partial charge in [0.05, 0.1) is 0 Å². The summed E-state index contributed by atoms with van der Waals surface area (Å²) in [6.45, 7) is 0. The molecule has 0 aliphatic heterocycles. The number of hydrogen-bond donors (Lipinski definition) is 0. The van der Waals surface area contributed by atoms with Crippen LogP contribution in [0.2, 0.25) is 0 Å². The molecule has 0 aliphatic rings. The first-order chi connectivity index (χ1) is 27.8. The van der Waals surface area contributed by atoms with Gasteiger partial charge in [-0.1, -0.05) is 42.5 Å². The second kappa shape index (κ2) is 14.8. The Hall–Kier alpha value is -6.84. The van der Waals surface area contributed by atoms with Gasteiger partial charge in [0.15, 0.2) is 0 Å². The molecule has 56 heavy (non-hydrogen) atoms. The zero-order valence-electron chi connectivity index (χ0n) is 30.6. The van der Waals surface area contributed by atoms with E-state index in [-0.39, 0.29) is 14.5 Å².